The summed E-state index contributed by atoms with van der Waals surface area (Å²) in [4.78, 5) is 0.0770. The van der Waals surface area contributed by atoms with Crippen molar-refractivity contribution in [2.45, 2.75) is 11.8 Å². The lowest BCUT2D eigenvalue weighted by molar-refractivity contribution is 0.486. The minimum absolute atomic E-state index is 0.0770. The van der Waals surface area contributed by atoms with Crippen LogP contribution in [0.1, 0.15) is 5.56 Å². The zero-order valence-corrected chi connectivity index (χ0v) is 13.4. The summed E-state index contributed by atoms with van der Waals surface area (Å²) in [6.45, 7) is 1.70. The van der Waals surface area contributed by atoms with Gasteiger partial charge in [0.2, 0.25) is 0 Å². The van der Waals surface area contributed by atoms with Gasteiger partial charge in [-0.1, -0.05) is 48.0 Å². The molecule has 0 aliphatic rings. The molecule has 0 heterocycles. The van der Waals surface area contributed by atoms with E-state index in [0.717, 1.165) is 10.8 Å². The Morgan fingerprint density at radius 2 is 1.64 bits per heavy atom. The summed E-state index contributed by atoms with van der Waals surface area (Å²) in [5.41, 5.74) is 0.588. The molecule has 0 N–H and O–H groups in total. The fourth-order valence-corrected chi connectivity index (χ4v) is 3.65. The summed E-state index contributed by atoms with van der Waals surface area (Å²) in [7, 11) is -3.92. The average Bonchev–Trinajstić information content (AvgIpc) is 2.49. The maximum atomic E-state index is 12.4. The second-order valence-electron chi connectivity index (χ2n) is 4.96. The molecular weight excluding hydrogens is 320 g/mol. The lowest BCUT2D eigenvalue weighted by Gasteiger charge is -2.10. The molecular formula is C17H13ClO3S. The molecule has 3 nitrogen and oxygen atoms in total. The summed E-state index contributed by atoms with van der Waals surface area (Å²) in [6, 6.07) is 17.5. The van der Waals surface area contributed by atoms with Crippen molar-refractivity contribution in [3.05, 3.63) is 71.2 Å². The van der Waals surface area contributed by atoms with Gasteiger partial charge in [0.1, 0.15) is 10.6 Å². The molecule has 22 heavy (non-hydrogen) atoms. The first-order valence-electron chi connectivity index (χ1n) is 6.65. The molecule has 3 aromatic carbocycles. The van der Waals surface area contributed by atoms with Crippen molar-refractivity contribution in [3.8, 4) is 5.75 Å². The van der Waals surface area contributed by atoms with E-state index in [2.05, 4.69) is 0 Å². The SMILES string of the molecule is Cc1ccc(Cl)cc1S(=O)(=O)Oc1ccc2ccccc2c1. The highest BCUT2D eigenvalue weighted by Crippen LogP contribution is 2.26. The Morgan fingerprint density at radius 3 is 2.41 bits per heavy atom. The van der Waals surface area contributed by atoms with Gasteiger partial charge in [0.15, 0.2) is 0 Å². The van der Waals surface area contributed by atoms with E-state index in [4.69, 9.17) is 15.8 Å². The third kappa shape index (κ3) is 2.93. The molecule has 3 aromatic rings. The van der Waals surface area contributed by atoms with Crippen LogP contribution < -0.4 is 4.18 Å². The minimum Gasteiger partial charge on any atom is -0.379 e. The molecule has 0 fully saturated rings. The number of fused-ring (bicyclic) bond motifs is 1. The molecule has 0 aromatic heterocycles. The molecule has 3 rings (SSSR count). The third-order valence-corrected chi connectivity index (χ3v) is 4.97. The van der Waals surface area contributed by atoms with E-state index in [1.54, 1.807) is 31.2 Å². The molecule has 0 aliphatic carbocycles. The second kappa shape index (κ2) is 5.63. The van der Waals surface area contributed by atoms with Crippen LogP contribution in [0.4, 0.5) is 0 Å². The summed E-state index contributed by atoms with van der Waals surface area (Å²) in [5, 5.41) is 2.29. The van der Waals surface area contributed by atoms with Crippen LogP contribution in [0, 0.1) is 6.92 Å². The number of aryl methyl sites for hydroxylation is 1. The number of hydrogen-bond donors (Lipinski definition) is 0. The van der Waals surface area contributed by atoms with Crippen LogP contribution in [0.2, 0.25) is 5.02 Å². The standard InChI is InChI=1S/C17H13ClO3S/c1-12-6-8-15(18)11-17(12)22(19,20)21-16-9-7-13-4-2-3-5-14(13)10-16/h2-11H,1H3. The smallest absolute Gasteiger partial charge is 0.339 e. The van der Waals surface area contributed by atoms with E-state index in [1.807, 2.05) is 30.3 Å². The van der Waals surface area contributed by atoms with Crippen molar-refractivity contribution < 1.29 is 12.6 Å². The molecule has 0 bridgehead atoms. The monoisotopic (exact) mass is 332 g/mol. The predicted molar refractivity (Wildman–Crippen MR) is 88.0 cm³/mol. The first kappa shape index (κ1) is 14.9. The van der Waals surface area contributed by atoms with Gasteiger partial charge in [-0.2, -0.15) is 8.42 Å². The van der Waals surface area contributed by atoms with E-state index >= 15 is 0 Å². The van der Waals surface area contributed by atoms with Gasteiger partial charge in [0, 0.05) is 5.02 Å². The Labute approximate surface area is 134 Å². The van der Waals surface area contributed by atoms with Gasteiger partial charge < -0.3 is 4.18 Å². The Morgan fingerprint density at radius 1 is 0.909 bits per heavy atom. The lowest BCUT2D eigenvalue weighted by Crippen LogP contribution is -2.11. The highest BCUT2D eigenvalue weighted by molar-refractivity contribution is 7.87. The zero-order chi connectivity index (χ0) is 15.7. The average molecular weight is 333 g/mol. The quantitative estimate of drug-likeness (QED) is 0.660. The van der Waals surface area contributed by atoms with Gasteiger partial charge in [0.05, 0.1) is 0 Å². The topological polar surface area (TPSA) is 43.4 Å². The third-order valence-electron chi connectivity index (χ3n) is 3.35. The van der Waals surface area contributed by atoms with Gasteiger partial charge in [-0.05, 0) is 47.5 Å². The predicted octanol–water partition coefficient (Wildman–Crippen LogP) is 4.57. The number of hydrogen-bond acceptors (Lipinski definition) is 3. The molecule has 0 saturated carbocycles. The number of rotatable bonds is 3. The molecule has 0 radical (unpaired) electrons. The van der Waals surface area contributed by atoms with Crippen LogP contribution in [0.25, 0.3) is 10.8 Å². The molecule has 112 valence electrons. The molecule has 0 aliphatic heterocycles. The van der Waals surface area contributed by atoms with Crippen LogP contribution in [0.5, 0.6) is 5.75 Å². The van der Waals surface area contributed by atoms with Gasteiger partial charge in [-0.3, -0.25) is 0 Å². The fraction of sp³-hybridized carbons (Fsp3) is 0.0588. The fourth-order valence-electron chi connectivity index (χ4n) is 2.23. The van der Waals surface area contributed by atoms with Crippen molar-refractivity contribution in [3.63, 3.8) is 0 Å². The van der Waals surface area contributed by atoms with E-state index in [0.29, 0.717) is 10.6 Å². The van der Waals surface area contributed by atoms with Crippen LogP contribution in [0.15, 0.2) is 65.6 Å². The van der Waals surface area contributed by atoms with Crippen molar-refractivity contribution in [2.24, 2.45) is 0 Å². The van der Waals surface area contributed by atoms with Crippen LogP contribution >= 0.6 is 11.6 Å². The summed E-state index contributed by atoms with van der Waals surface area (Å²) < 4.78 is 30.1. The molecule has 5 heteroatoms. The highest BCUT2D eigenvalue weighted by atomic mass is 35.5. The van der Waals surface area contributed by atoms with Gasteiger partial charge in [0.25, 0.3) is 0 Å². The van der Waals surface area contributed by atoms with E-state index < -0.39 is 10.1 Å². The van der Waals surface area contributed by atoms with Gasteiger partial charge >= 0.3 is 10.1 Å². The summed E-state index contributed by atoms with van der Waals surface area (Å²) in [6.07, 6.45) is 0. The van der Waals surface area contributed by atoms with E-state index in [9.17, 15) is 8.42 Å². The number of benzene rings is 3. The Bertz CT molecular complexity index is 949. The minimum atomic E-state index is -3.92. The maximum Gasteiger partial charge on any atom is 0.339 e. The molecule has 0 unspecified atom stereocenters. The largest absolute Gasteiger partial charge is 0.379 e. The molecule has 0 saturated heterocycles. The summed E-state index contributed by atoms with van der Waals surface area (Å²) in [5.74, 6) is 0.276. The Hall–Kier alpha value is -2.04. The molecule has 0 atom stereocenters. The molecule has 0 spiro atoms. The van der Waals surface area contributed by atoms with Crippen LogP contribution in [0.3, 0.4) is 0 Å². The van der Waals surface area contributed by atoms with E-state index in [-0.39, 0.29) is 10.6 Å². The second-order valence-corrected chi connectivity index (χ2v) is 6.91. The summed E-state index contributed by atoms with van der Waals surface area (Å²) >= 11 is 5.88. The maximum absolute atomic E-state index is 12.4. The number of halogens is 1. The van der Waals surface area contributed by atoms with Crippen molar-refractivity contribution in [1.82, 2.24) is 0 Å². The van der Waals surface area contributed by atoms with Gasteiger partial charge in [-0.25, -0.2) is 0 Å². The van der Waals surface area contributed by atoms with Crippen molar-refractivity contribution in [1.29, 1.82) is 0 Å². The first-order chi connectivity index (χ1) is 10.5. The van der Waals surface area contributed by atoms with Crippen molar-refractivity contribution in [2.75, 3.05) is 0 Å². The van der Waals surface area contributed by atoms with Gasteiger partial charge in [-0.15, -0.1) is 0 Å². The first-order valence-corrected chi connectivity index (χ1v) is 8.44. The Kier molecular flexibility index (Phi) is 3.81. The Balaban J connectivity index is 2.01. The van der Waals surface area contributed by atoms with Crippen LogP contribution in [-0.4, -0.2) is 8.42 Å². The van der Waals surface area contributed by atoms with Crippen molar-refractivity contribution >= 4 is 32.5 Å². The highest BCUT2D eigenvalue weighted by Gasteiger charge is 2.19. The normalized spacial score (nSPS) is 11.5. The van der Waals surface area contributed by atoms with Crippen LogP contribution in [-0.2, 0) is 10.1 Å². The molecule has 0 amide bonds. The van der Waals surface area contributed by atoms with E-state index in [1.165, 1.54) is 6.07 Å². The zero-order valence-electron chi connectivity index (χ0n) is 11.8. The lowest BCUT2D eigenvalue weighted by atomic mass is 10.1.